The highest BCUT2D eigenvalue weighted by Gasteiger charge is 2.15. The molecule has 0 atom stereocenters. The van der Waals surface area contributed by atoms with Gasteiger partial charge in [-0.2, -0.15) is 0 Å². The number of ether oxygens (including phenoxy) is 1. The Morgan fingerprint density at radius 3 is 1.95 bits per heavy atom. The lowest BCUT2D eigenvalue weighted by Gasteiger charge is -2.15. The SMILES string of the molecule is COC(=O)/C(C)=C(\c1ccccc1)c1ccc(N(C)C)cc1. The molecule has 22 heavy (non-hydrogen) atoms. The van der Waals surface area contributed by atoms with Crippen molar-refractivity contribution in [1.29, 1.82) is 0 Å². The summed E-state index contributed by atoms with van der Waals surface area (Å²) in [5.74, 6) is -0.310. The van der Waals surface area contributed by atoms with Gasteiger partial charge in [0.15, 0.2) is 0 Å². The molecule has 3 nitrogen and oxygen atoms in total. The van der Waals surface area contributed by atoms with Crippen LogP contribution in [0.5, 0.6) is 0 Å². The molecule has 0 amide bonds. The van der Waals surface area contributed by atoms with E-state index in [0.717, 1.165) is 22.4 Å². The highest BCUT2D eigenvalue weighted by molar-refractivity contribution is 6.01. The van der Waals surface area contributed by atoms with E-state index in [9.17, 15) is 4.79 Å². The van der Waals surface area contributed by atoms with E-state index in [1.54, 1.807) is 6.92 Å². The Morgan fingerprint density at radius 1 is 0.909 bits per heavy atom. The van der Waals surface area contributed by atoms with E-state index in [4.69, 9.17) is 4.74 Å². The van der Waals surface area contributed by atoms with Crippen LogP contribution in [0.2, 0.25) is 0 Å². The number of hydrogen-bond donors (Lipinski definition) is 0. The Labute approximate surface area is 131 Å². The molecule has 0 aliphatic carbocycles. The summed E-state index contributed by atoms with van der Waals surface area (Å²) in [5.41, 5.74) is 4.62. The van der Waals surface area contributed by atoms with Gasteiger partial charge in [-0.1, -0.05) is 42.5 Å². The zero-order valence-corrected chi connectivity index (χ0v) is 13.5. The average Bonchev–Trinajstić information content (AvgIpc) is 2.55. The molecule has 0 aliphatic rings. The van der Waals surface area contributed by atoms with Crippen molar-refractivity contribution in [2.24, 2.45) is 0 Å². The van der Waals surface area contributed by atoms with Crippen LogP contribution >= 0.6 is 0 Å². The molecule has 2 rings (SSSR count). The number of esters is 1. The van der Waals surface area contributed by atoms with E-state index in [-0.39, 0.29) is 5.97 Å². The molecular weight excluding hydrogens is 274 g/mol. The Morgan fingerprint density at radius 2 is 1.45 bits per heavy atom. The first-order chi connectivity index (χ1) is 10.5. The van der Waals surface area contributed by atoms with Gasteiger partial charge in [0.05, 0.1) is 7.11 Å². The number of carbonyl (C=O) groups is 1. The van der Waals surface area contributed by atoms with Crippen molar-refractivity contribution in [3.63, 3.8) is 0 Å². The second kappa shape index (κ2) is 6.94. The third-order valence-electron chi connectivity index (χ3n) is 3.60. The minimum Gasteiger partial charge on any atom is -0.466 e. The molecule has 0 unspecified atom stereocenters. The van der Waals surface area contributed by atoms with Crippen molar-refractivity contribution in [2.75, 3.05) is 26.1 Å². The van der Waals surface area contributed by atoms with Gasteiger partial charge in [-0.05, 0) is 35.8 Å². The van der Waals surface area contributed by atoms with Crippen LogP contribution < -0.4 is 4.90 Å². The van der Waals surface area contributed by atoms with Crippen LogP contribution in [0.3, 0.4) is 0 Å². The molecule has 3 heteroatoms. The summed E-state index contributed by atoms with van der Waals surface area (Å²) in [6, 6.07) is 18.1. The molecule has 0 fully saturated rings. The average molecular weight is 295 g/mol. The van der Waals surface area contributed by atoms with Crippen LogP contribution in [-0.2, 0) is 9.53 Å². The lowest BCUT2D eigenvalue weighted by Crippen LogP contribution is -2.09. The molecule has 0 saturated carbocycles. The van der Waals surface area contributed by atoms with E-state index < -0.39 is 0 Å². The summed E-state index contributed by atoms with van der Waals surface area (Å²) in [6.45, 7) is 1.80. The van der Waals surface area contributed by atoms with Crippen molar-refractivity contribution < 1.29 is 9.53 Å². The van der Waals surface area contributed by atoms with Gasteiger partial charge in [0, 0.05) is 25.4 Å². The van der Waals surface area contributed by atoms with Gasteiger partial charge in [0.1, 0.15) is 0 Å². The largest absolute Gasteiger partial charge is 0.466 e. The zero-order chi connectivity index (χ0) is 16.1. The molecule has 0 saturated heterocycles. The predicted molar refractivity (Wildman–Crippen MR) is 90.9 cm³/mol. The summed E-state index contributed by atoms with van der Waals surface area (Å²) in [6.07, 6.45) is 0. The van der Waals surface area contributed by atoms with Crippen LogP contribution in [0.15, 0.2) is 60.2 Å². The Balaban J connectivity index is 2.57. The van der Waals surface area contributed by atoms with Gasteiger partial charge in [-0.3, -0.25) is 0 Å². The van der Waals surface area contributed by atoms with Crippen molar-refractivity contribution in [1.82, 2.24) is 0 Å². The van der Waals surface area contributed by atoms with E-state index in [1.807, 2.05) is 73.6 Å². The number of benzene rings is 2. The lowest BCUT2D eigenvalue weighted by molar-refractivity contribution is -0.135. The first-order valence-electron chi connectivity index (χ1n) is 7.17. The van der Waals surface area contributed by atoms with Crippen LogP contribution in [0.4, 0.5) is 5.69 Å². The van der Waals surface area contributed by atoms with Gasteiger partial charge in [-0.25, -0.2) is 4.79 Å². The number of anilines is 1. The molecule has 0 bridgehead atoms. The molecule has 114 valence electrons. The molecule has 0 N–H and O–H groups in total. The van der Waals surface area contributed by atoms with Crippen molar-refractivity contribution in [3.8, 4) is 0 Å². The highest BCUT2D eigenvalue weighted by Crippen LogP contribution is 2.28. The minimum absolute atomic E-state index is 0.310. The fraction of sp³-hybridized carbons (Fsp3) is 0.211. The summed E-state index contributed by atoms with van der Waals surface area (Å²) in [7, 11) is 5.41. The number of hydrogen-bond acceptors (Lipinski definition) is 3. The van der Waals surface area contributed by atoms with Gasteiger partial charge in [0.2, 0.25) is 0 Å². The molecular formula is C19H21NO2. The maximum absolute atomic E-state index is 12.0. The highest BCUT2D eigenvalue weighted by atomic mass is 16.5. The number of methoxy groups -OCH3 is 1. The quantitative estimate of drug-likeness (QED) is 0.635. The van der Waals surface area contributed by atoms with Crippen molar-refractivity contribution in [3.05, 3.63) is 71.3 Å². The number of carbonyl (C=O) groups excluding carboxylic acids is 1. The maximum Gasteiger partial charge on any atom is 0.334 e. The maximum atomic E-state index is 12.0. The summed E-state index contributed by atoms with van der Waals surface area (Å²) < 4.78 is 4.89. The van der Waals surface area contributed by atoms with Crippen LogP contribution in [0.25, 0.3) is 5.57 Å². The van der Waals surface area contributed by atoms with E-state index in [1.165, 1.54) is 7.11 Å². The van der Waals surface area contributed by atoms with Gasteiger partial charge < -0.3 is 9.64 Å². The lowest BCUT2D eigenvalue weighted by atomic mass is 9.93. The van der Waals surface area contributed by atoms with Gasteiger partial charge in [-0.15, -0.1) is 0 Å². The summed E-state index contributed by atoms with van der Waals surface area (Å²) in [4.78, 5) is 14.0. The third-order valence-corrected chi connectivity index (χ3v) is 3.60. The summed E-state index contributed by atoms with van der Waals surface area (Å²) >= 11 is 0. The topological polar surface area (TPSA) is 29.5 Å². The zero-order valence-electron chi connectivity index (χ0n) is 13.5. The molecule has 2 aromatic carbocycles. The standard InChI is InChI=1S/C19H21NO2/c1-14(19(21)22-4)18(15-8-6-5-7-9-15)16-10-12-17(13-11-16)20(2)3/h5-13H,1-4H3/b18-14+. The normalized spacial score (nSPS) is 11.6. The number of rotatable bonds is 4. The second-order valence-corrected chi connectivity index (χ2v) is 5.30. The van der Waals surface area contributed by atoms with Crippen LogP contribution in [-0.4, -0.2) is 27.2 Å². The molecule has 0 heterocycles. The molecule has 0 spiro atoms. The molecule has 2 aromatic rings. The Bertz CT molecular complexity index is 670. The second-order valence-electron chi connectivity index (χ2n) is 5.30. The Hall–Kier alpha value is -2.55. The summed E-state index contributed by atoms with van der Waals surface area (Å²) in [5, 5.41) is 0. The van der Waals surface area contributed by atoms with Gasteiger partial charge in [0.25, 0.3) is 0 Å². The van der Waals surface area contributed by atoms with Gasteiger partial charge >= 0.3 is 5.97 Å². The fourth-order valence-electron chi connectivity index (χ4n) is 2.39. The van der Waals surface area contributed by atoms with Crippen LogP contribution in [0.1, 0.15) is 18.1 Å². The van der Waals surface area contributed by atoms with E-state index in [2.05, 4.69) is 0 Å². The predicted octanol–water partition coefficient (Wildman–Crippen LogP) is 3.75. The monoisotopic (exact) mass is 295 g/mol. The first kappa shape index (κ1) is 15.8. The van der Waals surface area contributed by atoms with Crippen molar-refractivity contribution in [2.45, 2.75) is 6.92 Å². The number of nitrogens with zero attached hydrogens (tertiary/aromatic N) is 1. The molecule has 0 aliphatic heterocycles. The fourth-order valence-corrected chi connectivity index (χ4v) is 2.39. The molecule has 0 aromatic heterocycles. The Kier molecular flexibility index (Phi) is 4.99. The smallest absolute Gasteiger partial charge is 0.334 e. The van der Waals surface area contributed by atoms with E-state index >= 15 is 0 Å². The van der Waals surface area contributed by atoms with E-state index in [0.29, 0.717) is 5.57 Å². The minimum atomic E-state index is -0.310. The van der Waals surface area contributed by atoms with Crippen molar-refractivity contribution >= 4 is 17.2 Å². The third kappa shape index (κ3) is 3.37. The first-order valence-corrected chi connectivity index (χ1v) is 7.17. The molecule has 0 radical (unpaired) electrons. The van der Waals surface area contributed by atoms with Crippen LogP contribution in [0, 0.1) is 0 Å².